The highest BCUT2D eigenvalue weighted by Crippen LogP contribution is 2.34. The summed E-state index contributed by atoms with van der Waals surface area (Å²) in [6.45, 7) is 8.10. The van der Waals surface area contributed by atoms with Gasteiger partial charge in [0.05, 0.1) is 23.3 Å². The Morgan fingerprint density at radius 3 is 2.66 bits per heavy atom. The van der Waals surface area contributed by atoms with Crippen molar-refractivity contribution in [1.82, 2.24) is 35.0 Å². The molecule has 6 heterocycles. The zero-order valence-electron chi connectivity index (χ0n) is 21.8. The molecule has 1 saturated heterocycles. The molecule has 10 heteroatoms. The highest BCUT2D eigenvalue weighted by Gasteiger charge is 2.19. The molecule has 0 radical (unpaired) electrons. The number of carbonyl (C=O) groups excluding carboxylic acids is 1. The molecule has 0 saturated carbocycles. The van der Waals surface area contributed by atoms with Gasteiger partial charge in [0.25, 0.3) is 0 Å². The second-order valence-corrected chi connectivity index (χ2v) is 10.4. The Kier molecular flexibility index (Phi) is 6.24. The summed E-state index contributed by atoms with van der Waals surface area (Å²) in [6.07, 6.45) is 7.54. The molecule has 0 spiro atoms. The van der Waals surface area contributed by atoms with Crippen molar-refractivity contribution < 1.29 is 4.79 Å². The van der Waals surface area contributed by atoms with Gasteiger partial charge >= 0.3 is 0 Å². The number of fused-ring (bicyclic) bond motifs is 2. The smallest absolute Gasteiger partial charge is 0.224 e. The molecule has 10 nitrogen and oxygen atoms in total. The Balaban J connectivity index is 1.34. The molecule has 1 amide bonds. The van der Waals surface area contributed by atoms with Crippen LogP contribution >= 0.6 is 0 Å². The molecule has 5 aromatic rings. The largest absolute Gasteiger partial charge is 0.368 e. The summed E-state index contributed by atoms with van der Waals surface area (Å²) in [4.78, 5) is 34.0. The number of nitrogens with zero attached hydrogens (tertiary/aromatic N) is 6. The molecule has 6 rings (SSSR count). The molecule has 0 atom stereocenters. The minimum Gasteiger partial charge on any atom is -0.368 e. The standard InChI is InChI=1S/C28H31N9O/c1-17(2)10-25(38)32-20-11-18(14-29-16-20)19-12-22-26(34-35-28(22)31-15-19)23-13-21-24(4-5-30-27(21)33-23)37-8-6-36(3)7-9-37/h4-5,11-17H,6-10H2,1-3H3,(H,30,33)(H,32,38)(H,31,34,35). The number of H-pyrrole nitrogens is 2. The molecule has 1 fully saturated rings. The number of rotatable bonds is 6. The zero-order valence-corrected chi connectivity index (χ0v) is 21.8. The van der Waals surface area contributed by atoms with Crippen molar-refractivity contribution in [2.45, 2.75) is 20.3 Å². The third kappa shape index (κ3) is 4.70. The van der Waals surface area contributed by atoms with Gasteiger partial charge in [-0.15, -0.1) is 0 Å². The molecule has 1 aliphatic heterocycles. The number of pyridine rings is 3. The molecular weight excluding hydrogens is 478 g/mol. The van der Waals surface area contributed by atoms with Crippen molar-refractivity contribution in [2.24, 2.45) is 5.92 Å². The van der Waals surface area contributed by atoms with Gasteiger partial charge in [-0.1, -0.05) is 13.8 Å². The summed E-state index contributed by atoms with van der Waals surface area (Å²) in [5.74, 6) is 0.266. The maximum absolute atomic E-state index is 12.2. The van der Waals surface area contributed by atoms with E-state index in [1.165, 1.54) is 5.69 Å². The molecule has 194 valence electrons. The molecule has 5 aromatic heterocycles. The average molecular weight is 510 g/mol. The van der Waals surface area contributed by atoms with E-state index in [1.54, 1.807) is 18.6 Å². The van der Waals surface area contributed by atoms with Crippen LogP contribution < -0.4 is 10.2 Å². The van der Waals surface area contributed by atoms with Crippen LogP contribution in [-0.4, -0.2) is 74.2 Å². The highest BCUT2D eigenvalue weighted by atomic mass is 16.1. The Morgan fingerprint density at radius 1 is 1.03 bits per heavy atom. The van der Waals surface area contributed by atoms with E-state index in [9.17, 15) is 4.79 Å². The van der Waals surface area contributed by atoms with Crippen LogP contribution in [0.4, 0.5) is 11.4 Å². The number of hydrogen-bond donors (Lipinski definition) is 3. The van der Waals surface area contributed by atoms with Crippen molar-refractivity contribution in [3.63, 3.8) is 0 Å². The van der Waals surface area contributed by atoms with Gasteiger partial charge in [-0.25, -0.2) is 9.97 Å². The molecule has 1 aliphatic rings. The van der Waals surface area contributed by atoms with Crippen LogP contribution in [0, 0.1) is 5.92 Å². The quantitative estimate of drug-likeness (QED) is 0.312. The number of aromatic nitrogens is 6. The highest BCUT2D eigenvalue weighted by molar-refractivity contribution is 5.99. The maximum Gasteiger partial charge on any atom is 0.224 e. The Morgan fingerprint density at radius 2 is 1.84 bits per heavy atom. The SMILES string of the molecule is CC(C)CC(=O)Nc1cncc(-c2cnc3n[nH]c(-c4cc5c(N6CCN(C)CC6)ccnc5[nH]4)c3c2)c1. The van der Waals surface area contributed by atoms with Crippen LogP contribution in [0.3, 0.4) is 0 Å². The molecule has 38 heavy (non-hydrogen) atoms. The number of piperazine rings is 1. The van der Waals surface area contributed by atoms with Crippen LogP contribution in [0.25, 0.3) is 44.6 Å². The van der Waals surface area contributed by atoms with Crippen LogP contribution in [0.5, 0.6) is 0 Å². The third-order valence-electron chi connectivity index (χ3n) is 6.98. The van der Waals surface area contributed by atoms with Crippen molar-refractivity contribution in [3.8, 4) is 22.5 Å². The van der Waals surface area contributed by atoms with Gasteiger partial charge in [-0.3, -0.25) is 14.9 Å². The maximum atomic E-state index is 12.2. The van der Waals surface area contributed by atoms with Gasteiger partial charge in [0, 0.05) is 78.8 Å². The number of anilines is 2. The number of carbonyl (C=O) groups is 1. The number of amides is 1. The summed E-state index contributed by atoms with van der Waals surface area (Å²) in [5, 5.41) is 12.5. The summed E-state index contributed by atoms with van der Waals surface area (Å²) >= 11 is 0. The minimum absolute atomic E-state index is 0.0204. The van der Waals surface area contributed by atoms with Crippen molar-refractivity contribution in [2.75, 3.05) is 43.4 Å². The van der Waals surface area contributed by atoms with Gasteiger partial charge < -0.3 is 20.1 Å². The fraction of sp³-hybridized carbons (Fsp3) is 0.321. The van der Waals surface area contributed by atoms with Crippen molar-refractivity contribution >= 4 is 39.3 Å². The van der Waals surface area contributed by atoms with Crippen LogP contribution in [0.15, 0.2) is 49.1 Å². The van der Waals surface area contributed by atoms with E-state index < -0.39 is 0 Å². The van der Waals surface area contributed by atoms with E-state index in [1.807, 2.05) is 26.1 Å². The molecule has 3 N–H and O–H groups in total. The second-order valence-electron chi connectivity index (χ2n) is 10.4. The molecule has 0 aromatic carbocycles. The summed E-state index contributed by atoms with van der Waals surface area (Å²) < 4.78 is 0. The first-order valence-electron chi connectivity index (χ1n) is 13.0. The summed E-state index contributed by atoms with van der Waals surface area (Å²) in [7, 11) is 2.16. The minimum atomic E-state index is -0.0204. The second kappa shape index (κ2) is 9.86. The lowest BCUT2D eigenvalue weighted by atomic mass is 10.1. The zero-order chi connectivity index (χ0) is 26.2. The first-order chi connectivity index (χ1) is 18.4. The van der Waals surface area contributed by atoms with Crippen LogP contribution in [0.2, 0.25) is 0 Å². The van der Waals surface area contributed by atoms with E-state index in [4.69, 9.17) is 0 Å². The van der Waals surface area contributed by atoms with Crippen molar-refractivity contribution in [3.05, 3.63) is 49.1 Å². The van der Waals surface area contributed by atoms with Crippen molar-refractivity contribution in [1.29, 1.82) is 0 Å². The number of likely N-dealkylation sites (N-methyl/N-ethyl adjacent to an activating group) is 1. The van der Waals surface area contributed by atoms with Gasteiger partial charge in [-0.2, -0.15) is 5.10 Å². The van der Waals surface area contributed by atoms with Gasteiger partial charge in [-0.05, 0) is 37.2 Å². The molecular formula is C28H31N9O. The van der Waals surface area contributed by atoms with Gasteiger partial charge in [0.15, 0.2) is 5.65 Å². The Bertz CT molecular complexity index is 1610. The van der Waals surface area contributed by atoms with Crippen LogP contribution in [-0.2, 0) is 4.79 Å². The predicted octanol–water partition coefficient (Wildman–Crippen LogP) is 4.30. The topological polar surface area (TPSA) is 119 Å². The Hall–Kier alpha value is -4.31. The predicted molar refractivity (Wildman–Crippen MR) is 150 cm³/mol. The number of aromatic amines is 2. The van der Waals surface area contributed by atoms with E-state index in [0.29, 0.717) is 17.8 Å². The lowest BCUT2D eigenvalue weighted by Gasteiger charge is -2.34. The average Bonchev–Trinajstić information content (AvgIpc) is 3.52. The third-order valence-corrected chi connectivity index (χ3v) is 6.98. The molecule has 0 unspecified atom stereocenters. The Labute approximate surface area is 220 Å². The summed E-state index contributed by atoms with van der Waals surface area (Å²) in [5.41, 5.74) is 6.84. The fourth-order valence-corrected chi connectivity index (χ4v) is 4.98. The lowest BCUT2D eigenvalue weighted by Crippen LogP contribution is -2.44. The van der Waals surface area contributed by atoms with Crippen LogP contribution in [0.1, 0.15) is 20.3 Å². The van der Waals surface area contributed by atoms with Gasteiger partial charge in [0.1, 0.15) is 5.65 Å². The lowest BCUT2D eigenvalue weighted by molar-refractivity contribution is -0.116. The molecule has 0 aliphatic carbocycles. The normalized spacial score (nSPS) is 14.6. The first kappa shape index (κ1) is 24.1. The number of nitrogens with one attached hydrogen (secondary N) is 3. The molecule has 0 bridgehead atoms. The number of hydrogen-bond acceptors (Lipinski definition) is 7. The first-order valence-corrected chi connectivity index (χ1v) is 13.0. The summed E-state index contributed by atoms with van der Waals surface area (Å²) in [6, 6.07) is 8.21. The van der Waals surface area contributed by atoms with E-state index >= 15 is 0 Å². The van der Waals surface area contributed by atoms with E-state index in [0.717, 1.165) is 65.1 Å². The van der Waals surface area contributed by atoms with E-state index in [2.05, 4.69) is 70.5 Å². The fourth-order valence-electron chi connectivity index (χ4n) is 4.98. The van der Waals surface area contributed by atoms with E-state index in [-0.39, 0.29) is 11.8 Å². The van der Waals surface area contributed by atoms with Gasteiger partial charge in [0.2, 0.25) is 5.91 Å². The monoisotopic (exact) mass is 509 g/mol.